The topological polar surface area (TPSA) is 12.0 Å². The molecule has 0 aliphatic heterocycles. The maximum atomic E-state index is 13.7. The molecule has 1 nitrogen and oxygen atoms in total. The summed E-state index contributed by atoms with van der Waals surface area (Å²) < 4.78 is 27.5. The number of hydrogen-bond acceptors (Lipinski definition) is 1. The van der Waals surface area contributed by atoms with Crippen molar-refractivity contribution in [3.05, 3.63) is 35.4 Å². The Morgan fingerprint density at radius 3 is 2.21 bits per heavy atom. The molecule has 1 atom stereocenters. The highest BCUT2D eigenvalue weighted by Crippen LogP contribution is 2.30. The summed E-state index contributed by atoms with van der Waals surface area (Å²) in [4.78, 5) is 0. The molecule has 0 bridgehead atoms. The summed E-state index contributed by atoms with van der Waals surface area (Å²) in [7, 11) is 0. The zero-order valence-electron chi connectivity index (χ0n) is 12.4. The van der Waals surface area contributed by atoms with Gasteiger partial charge in [-0.2, -0.15) is 0 Å². The number of rotatable bonds is 6. The highest BCUT2D eigenvalue weighted by atomic mass is 19.1. The second-order valence-electron chi connectivity index (χ2n) is 6.17. The van der Waals surface area contributed by atoms with E-state index in [9.17, 15) is 8.78 Å². The van der Waals surface area contributed by atoms with E-state index in [0.29, 0.717) is 6.42 Å². The van der Waals surface area contributed by atoms with Crippen molar-refractivity contribution in [2.75, 3.05) is 13.1 Å². The van der Waals surface area contributed by atoms with Gasteiger partial charge in [-0.3, -0.25) is 0 Å². The van der Waals surface area contributed by atoms with Crippen LogP contribution < -0.4 is 5.32 Å². The molecule has 0 aliphatic carbocycles. The molecule has 0 saturated carbocycles. The smallest absolute Gasteiger partial charge is 0.129 e. The van der Waals surface area contributed by atoms with Gasteiger partial charge in [0.15, 0.2) is 0 Å². The molecule has 0 fully saturated rings. The van der Waals surface area contributed by atoms with Crippen LogP contribution in [0, 0.1) is 23.0 Å². The van der Waals surface area contributed by atoms with Crippen molar-refractivity contribution < 1.29 is 8.78 Å². The van der Waals surface area contributed by atoms with Crippen LogP contribution in [0.4, 0.5) is 8.78 Å². The SMILES string of the molecule is CCCNCC(Cc1c(F)cccc1F)C(C)(C)C. The van der Waals surface area contributed by atoms with Crippen molar-refractivity contribution in [1.82, 2.24) is 5.32 Å². The van der Waals surface area contributed by atoms with Crippen LogP contribution >= 0.6 is 0 Å². The molecule has 3 heteroatoms. The molecule has 1 N–H and O–H groups in total. The number of hydrogen-bond donors (Lipinski definition) is 1. The highest BCUT2D eigenvalue weighted by Gasteiger charge is 2.26. The van der Waals surface area contributed by atoms with Crippen molar-refractivity contribution in [2.24, 2.45) is 11.3 Å². The third-order valence-electron chi connectivity index (χ3n) is 3.55. The van der Waals surface area contributed by atoms with Crippen molar-refractivity contribution in [3.8, 4) is 0 Å². The summed E-state index contributed by atoms with van der Waals surface area (Å²) in [5, 5.41) is 3.36. The van der Waals surface area contributed by atoms with E-state index in [2.05, 4.69) is 33.0 Å². The predicted molar refractivity (Wildman–Crippen MR) is 76.2 cm³/mol. The molecule has 1 rings (SSSR count). The van der Waals surface area contributed by atoms with Crippen molar-refractivity contribution in [1.29, 1.82) is 0 Å². The third kappa shape index (κ3) is 4.90. The molecule has 0 saturated heterocycles. The lowest BCUT2D eigenvalue weighted by molar-refractivity contribution is 0.227. The Morgan fingerprint density at radius 2 is 1.74 bits per heavy atom. The summed E-state index contributed by atoms with van der Waals surface area (Å²) in [6.45, 7) is 10.2. The fourth-order valence-electron chi connectivity index (χ4n) is 2.11. The van der Waals surface area contributed by atoms with Crippen LogP contribution in [-0.2, 0) is 6.42 Å². The molecule has 0 aliphatic rings. The van der Waals surface area contributed by atoms with Crippen molar-refractivity contribution in [3.63, 3.8) is 0 Å². The van der Waals surface area contributed by atoms with Crippen LogP contribution in [0.2, 0.25) is 0 Å². The van der Waals surface area contributed by atoms with Crippen molar-refractivity contribution in [2.45, 2.75) is 40.5 Å². The van der Waals surface area contributed by atoms with E-state index in [-0.39, 0.29) is 16.9 Å². The molecule has 0 aromatic heterocycles. The molecular weight excluding hydrogens is 244 g/mol. The molecule has 1 aromatic rings. The Labute approximate surface area is 115 Å². The first-order valence-corrected chi connectivity index (χ1v) is 6.99. The monoisotopic (exact) mass is 269 g/mol. The molecule has 0 amide bonds. The molecule has 1 aromatic carbocycles. The second kappa shape index (κ2) is 6.99. The summed E-state index contributed by atoms with van der Waals surface area (Å²) in [5.41, 5.74) is 0.218. The zero-order chi connectivity index (χ0) is 14.5. The lowest BCUT2D eigenvalue weighted by atomic mass is 9.77. The molecule has 1 unspecified atom stereocenters. The maximum absolute atomic E-state index is 13.7. The average Bonchev–Trinajstić information content (AvgIpc) is 2.30. The average molecular weight is 269 g/mol. The van der Waals surface area contributed by atoms with Crippen LogP contribution in [0.5, 0.6) is 0 Å². The Bertz CT molecular complexity index is 376. The van der Waals surface area contributed by atoms with Gasteiger partial charge >= 0.3 is 0 Å². The quantitative estimate of drug-likeness (QED) is 0.764. The van der Waals surface area contributed by atoms with Crippen molar-refractivity contribution >= 4 is 0 Å². The normalized spacial score (nSPS) is 13.6. The minimum Gasteiger partial charge on any atom is -0.316 e. The Morgan fingerprint density at radius 1 is 1.16 bits per heavy atom. The van der Waals surface area contributed by atoms with E-state index in [1.165, 1.54) is 18.2 Å². The van der Waals surface area contributed by atoms with E-state index < -0.39 is 11.6 Å². The molecule has 19 heavy (non-hydrogen) atoms. The summed E-state index contributed by atoms with van der Waals surface area (Å²) in [6, 6.07) is 4.07. The first kappa shape index (κ1) is 16.1. The summed E-state index contributed by atoms with van der Waals surface area (Å²) >= 11 is 0. The van der Waals surface area contributed by atoms with Crippen LogP contribution in [0.15, 0.2) is 18.2 Å². The van der Waals surface area contributed by atoms with Gasteiger partial charge in [0.1, 0.15) is 11.6 Å². The van der Waals surface area contributed by atoms with Crippen LogP contribution in [-0.4, -0.2) is 13.1 Å². The molecule has 0 spiro atoms. The number of halogens is 2. The largest absolute Gasteiger partial charge is 0.316 e. The van der Waals surface area contributed by atoms with E-state index in [1.807, 2.05) is 0 Å². The highest BCUT2D eigenvalue weighted by molar-refractivity contribution is 5.20. The standard InChI is InChI=1S/C16H25F2N/c1-5-9-19-11-12(16(2,3)4)10-13-14(17)7-6-8-15(13)18/h6-8,12,19H,5,9-11H2,1-4H3. The predicted octanol–water partition coefficient (Wildman–Crippen LogP) is 4.17. The van der Waals surface area contributed by atoms with Gasteiger partial charge in [0.2, 0.25) is 0 Å². The molecule has 0 radical (unpaired) electrons. The Kier molecular flexibility index (Phi) is 5.92. The zero-order valence-corrected chi connectivity index (χ0v) is 12.4. The molecular formula is C16H25F2N. The Hall–Kier alpha value is -0.960. The minimum absolute atomic E-state index is 0.00939. The van der Waals surface area contributed by atoms with Gasteiger partial charge in [0, 0.05) is 5.56 Å². The fraction of sp³-hybridized carbons (Fsp3) is 0.625. The van der Waals surface area contributed by atoms with E-state index in [1.54, 1.807) is 0 Å². The Balaban J connectivity index is 2.82. The van der Waals surface area contributed by atoms with E-state index >= 15 is 0 Å². The fourth-order valence-corrected chi connectivity index (χ4v) is 2.11. The maximum Gasteiger partial charge on any atom is 0.129 e. The van der Waals surface area contributed by atoms with Gasteiger partial charge in [-0.15, -0.1) is 0 Å². The third-order valence-corrected chi connectivity index (χ3v) is 3.55. The second-order valence-corrected chi connectivity index (χ2v) is 6.17. The van der Waals surface area contributed by atoms with E-state index in [0.717, 1.165) is 19.5 Å². The van der Waals surface area contributed by atoms with E-state index in [4.69, 9.17) is 0 Å². The van der Waals surface area contributed by atoms with Gasteiger partial charge in [-0.05, 0) is 49.4 Å². The van der Waals surface area contributed by atoms with Gasteiger partial charge in [-0.25, -0.2) is 8.78 Å². The number of benzene rings is 1. The minimum atomic E-state index is -0.440. The van der Waals surface area contributed by atoms with Gasteiger partial charge in [-0.1, -0.05) is 33.8 Å². The molecule has 0 heterocycles. The van der Waals surface area contributed by atoms with Gasteiger partial charge in [0.25, 0.3) is 0 Å². The number of nitrogens with one attached hydrogen (secondary N) is 1. The summed E-state index contributed by atoms with van der Waals surface area (Å²) in [6.07, 6.45) is 1.49. The first-order chi connectivity index (χ1) is 8.86. The molecule has 108 valence electrons. The van der Waals surface area contributed by atoms with Crippen LogP contribution in [0.1, 0.15) is 39.7 Å². The van der Waals surface area contributed by atoms with Gasteiger partial charge in [0.05, 0.1) is 0 Å². The lowest BCUT2D eigenvalue weighted by Crippen LogP contribution is -2.34. The van der Waals surface area contributed by atoms with Gasteiger partial charge < -0.3 is 5.32 Å². The lowest BCUT2D eigenvalue weighted by Gasteiger charge is -2.31. The first-order valence-electron chi connectivity index (χ1n) is 6.99. The van der Waals surface area contributed by atoms with Crippen LogP contribution in [0.3, 0.4) is 0 Å². The van der Waals surface area contributed by atoms with Crippen LogP contribution in [0.25, 0.3) is 0 Å². The summed E-state index contributed by atoms with van der Waals surface area (Å²) in [5.74, 6) is -0.681.